The van der Waals surface area contributed by atoms with Crippen LogP contribution in [0.2, 0.25) is 0 Å². The fourth-order valence-corrected chi connectivity index (χ4v) is 5.15. The van der Waals surface area contributed by atoms with Gasteiger partial charge in [0.25, 0.3) is 5.91 Å². The lowest BCUT2D eigenvalue weighted by atomic mass is 9.96. The number of hydrogen-bond donors (Lipinski definition) is 0. The van der Waals surface area contributed by atoms with Crippen LogP contribution in [0.15, 0.2) is 70.5 Å². The molecule has 2 aliphatic rings. The first-order chi connectivity index (χ1) is 16.0. The molecule has 0 aliphatic carbocycles. The third-order valence-corrected chi connectivity index (χ3v) is 6.81. The maximum Gasteiger partial charge on any atom is 0.274 e. The van der Waals surface area contributed by atoms with E-state index in [-0.39, 0.29) is 23.6 Å². The second-order valence-corrected chi connectivity index (χ2v) is 8.69. The molecule has 2 aromatic carbocycles. The molecule has 0 spiro atoms. The fraction of sp³-hybridized carbons (Fsp3) is 0.250. The van der Waals surface area contributed by atoms with E-state index in [1.807, 2.05) is 35.5 Å². The van der Waals surface area contributed by atoms with Crippen molar-refractivity contribution in [2.45, 2.75) is 17.1 Å². The van der Waals surface area contributed by atoms with E-state index < -0.39 is 23.8 Å². The summed E-state index contributed by atoms with van der Waals surface area (Å²) in [5.74, 6) is -2.15. The van der Waals surface area contributed by atoms with Gasteiger partial charge in [-0.15, -0.1) is 11.8 Å². The Morgan fingerprint density at radius 2 is 1.88 bits per heavy atom. The van der Waals surface area contributed by atoms with Gasteiger partial charge >= 0.3 is 0 Å². The number of halogens is 2. The predicted molar refractivity (Wildman–Crippen MR) is 121 cm³/mol. The van der Waals surface area contributed by atoms with Gasteiger partial charge in [-0.25, -0.2) is 8.78 Å². The first kappa shape index (κ1) is 21.7. The quantitative estimate of drug-likeness (QED) is 0.549. The molecule has 0 unspecified atom stereocenters. The van der Waals surface area contributed by atoms with Crippen LogP contribution >= 0.6 is 11.8 Å². The van der Waals surface area contributed by atoms with Crippen LogP contribution < -0.4 is 10.4 Å². The topological polar surface area (TPSA) is 54.8 Å². The van der Waals surface area contributed by atoms with Gasteiger partial charge in [-0.1, -0.05) is 24.3 Å². The lowest BCUT2D eigenvalue weighted by Gasteiger charge is -2.51. The number of benzene rings is 2. The highest BCUT2D eigenvalue weighted by molar-refractivity contribution is 7.98. The molecule has 170 valence electrons. The summed E-state index contributed by atoms with van der Waals surface area (Å²) in [5.41, 5.74) is 1.31. The number of aromatic nitrogens is 1. The molecule has 0 N–H and O–H groups in total. The molecule has 5 rings (SSSR count). The van der Waals surface area contributed by atoms with Gasteiger partial charge in [0.1, 0.15) is 11.9 Å². The molecule has 6 nitrogen and oxygen atoms in total. The first-order valence-corrected chi connectivity index (χ1v) is 11.7. The summed E-state index contributed by atoms with van der Waals surface area (Å²) < 4.78 is 35.6. The minimum absolute atomic E-state index is 0.217. The molecule has 0 saturated carbocycles. The Bertz CT molecular complexity index is 1280. The number of hydrogen-bond acceptors (Lipinski definition) is 5. The SMILES string of the molecule is CSc1ccccc1[C@@H](c1ccc(F)c(F)c1)N1[C@@H]2COCCN2C(=O)c2cc(=O)ccn21. The first-order valence-electron chi connectivity index (χ1n) is 10.5. The van der Waals surface area contributed by atoms with Crippen LogP contribution in [-0.2, 0) is 4.74 Å². The van der Waals surface area contributed by atoms with Crippen LogP contribution in [0.5, 0.6) is 0 Å². The number of carbonyl (C=O) groups excluding carboxylic acids is 1. The van der Waals surface area contributed by atoms with Crippen molar-refractivity contribution in [3.05, 3.63) is 99.5 Å². The van der Waals surface area contributed by atoms with Gasteiger partial charge in [-0.05, 0) is 35.6 Å². The van der Waals surface area contributed by atoms with E-state index in [4.69, 9.17) is 4.74 Å². The molecule has 2 aliphatic heterocycles. The van der Waals surface area contributed by atoms with Gasteiger partial charge in [0.15, 0.2) is 17.1 Å². The average Bonchev–Trinajstić information content (AvgIpc) is 2.84. The summed E-state index contributed by atoms with van der Waals surface area (Å²) in [6.45, 7) is 0.973. The number of thioether (sulfide) groups is 1. The predicted octanol–water partition coefficient (Wildman–Crippen LogP) is 3.39. The molecule has 1 fully saturated rings. The highest BCUT2D eigenvalue weighted by Gasteiger charge is 2.43. The number of amides is 1. The molecular weight excluding hydrogens is 448 g/mol. The zero-order valence-electron chi connectivity index (χ0n) is 17.8. The van der Waals surface area contributed by atoms with Crippen molar-refractivity contribution in [1.82, 2.24) is 9.58 Å². The maximum atomic E-state index is 14.4. The summed E-state index contributed by atoms with van der Waals surface area (Å²) >= 11 is 1.54. The largest absolute Gasteiger partial charge is 0.375 e. The lowest BCUT2D eigenvalue weighted by Crippen LogP contribution is -2.66. The minimum Gasteiger partial charge on any atom is -0.375 e. The van der Waals surface area contributed by atoms with Crippen molar-refractivity contribution < 1.29 is 18.3 Å². The third-order valence-electron chi connectivity index (χ3n) is 6.00. The number of pyridine rings is 1. The van der Waals surface area contributed by atoms with Gasteiger partial charge in [-0.3, -0.25) is 19.3 Å². The minimum atomic E-state index is -0.955. The zero-order chi connectivity index (χ0) is 23.1. The third kappa shape index (κ3) is 3.71. The zero-order valence-corrected chi connectivity index (χ0v) is 18.6. The van der Waals surface area contributed by atoms with Crippen LogP contribution in [0.1, 0.15) is 27.7 Å². The molecule has 3 aromatic rings. The number of morpholine rings is 1. The normalized spacial score (nSPS) is 18.6. The second kappa shape index (κ2) is 8.64. The van der Waals surface area contributed by atoms with Gasteiger partial charge < -0.3 is 9.64 Å². The van der Waals surface area contributed by atoms with E-state index in [2.05, 4.69) is 0 Å². The maximum absolute atomic E-state index is 14.4. The molecule has 1 saturated heterocycles. The van der Waals surface area contributed by atoms with Gasteiger partial charge in [0, 0.05) is 29.8 Å². The standard InChI is InChI=1S/C24H21F2N3O3S/c1-33-21-5-3-2-4-17(21)23(15-6-7-18(25)19(26)12-15)29-22-14-32-11-10-27(22)24(31)20-13-16(30)8-9-28(20)29/h2-9,12-13,22-23H,10-11,14H2,1H3/t22-,23-/m1/s1. The fourth-order valence-electron chi connectivity index (χ4n) is 4.52. The van der Waals surface area contributed by atoms with E-state index in [0.717, 1.165) is 16.5 Å². The Morgan fingerprint density at radius 3 is 2.67 bits per heavy atom. The van der Waals surface area contributed by atoms with E-state index in [1.54, 1.807) is 21.8 Å². The Kier molecular flexibility index (Phi) is 5.67. The Balaban J connectivity index is 1.79. The van der Waals surface area contributed by atoms with Gasteiger partial charge in [0.05, 0.1) is 19.3 Å². The van der Waals surface area contributed by atoms with E-state index in [0.29, 0.717) is 18.7 Å². The molecule has 33 heavy (non-hydrogen) atoms. The Labute approximate surface area is 193 Å². The van der Waals surface area contributed by atoms with E-state index in [1.165, 1.54) is 30.0 Å². The van der Waals surface area contributed by atoms with Crippen molar-refractivity contribution in [2.24, 2.45) is 0 Å². The molecular formula is C24H21F2N3O3S. The van der Waals surface area contributed by atoms with Crippen molar-refractivity contribution in [3.63, 3.8) is 0 Å². The smallest absolute Gasteiger partial charge is 0.274 e. The van der Waals surface area contributed by atoms with Crippen molar-refractivity contribution in [1.29, 1.82) is 0 Å². The molecule has 0 bridgehead atoms. The number of nitrogens with zero attached hydrogens (tertiary/aromatic N) is 3. The Hall–Kier alpha value is -3.17. The Morgan fingerprint density at radius 1 is 1.06 bits per heavy atom. The van der Waals surface area contributed by atoms with Gasteiger partial charge in [-0.2, -0.15) is 0 Å². The number of ether oxygens (including phenoxy) is 1. The second-order valence-electron chi connectivity index (χ2n) is 7.84. The monoisotopic (exact) mass is 469 g/mol. The molecule has 0 radical (unpaired) electrons. The summed E-state index contributed by atoms with van der Waals surface area (Å²) in [4.78, 5) is 28.0. The highest BCUT2D eigenvalue weighted by atomic mass is 32.2. The molecule has 2 atom stereocenters. The number of carbonyl (C=O) groups is 1. The summed E-state index contributed by atoms with van der Waals surface area (Å²) in [5, 5.41) is 1.91. The van der Waals surface area contributed by atoms with Crippen LogP contribution in [0.4, 0.5) is 8.78 Å². The molecule has 9 heteroatoms. The van der Waals surface area contributed by atoms with Crippen LogP contribution in [0.3, 0.4) is 0 Å². The van der Waals surface area contributed by atoms with Crippen LogP contribution in [0.25, 0.3) is 0 Å². The molecule has 1 aromatic heterocycles. The number of fused-ring (bicyclic) bond motifs is 2. The number of rotatable bonds is 4. The van der Waals surface area contributed by atoms with Gasteiger partial charge in [0.2, 0.25) is 0 Å². The summed E-state index contributed by atoms with van der Waals surface area (Å²) in [6.07, 6.45) is 2.99. The van der Waals surface area contributed by atoms with Crippen molar-refractivity contribution in [3.8, 4) is 0 Å². The highest BCUT2D eigenvalue weighted by Crippen LogP contribution is 2.38. The average molecular weight is 470 g/mol. The van der Waals surface area contributed by atoms with E-state index >= 15 is 0 Å². The van der Waals surface area contributed by atoms with Crippen LogP contribution in [0, 0.1) is 11.6 Å². The van der Waals surface area contributed by atoms with Crippen LogP contribution in [-0.4, -0.2) is 47.7 Å². The van der Waals surface area contributed by atoms with Crippen molar-refractivity contribution >= 4 is 17.7 Å². The lowest BCUT2D eigenvalue weighted by molar-refractivity contribution is -0.0194. The molecule has 1 amide bonds. The van der Waals surface area contributed by atoms with Crippen molar-refractivity contribution in [2.75, 3.05) is 31.0 Å². The molecule has 3 heterocycles. The summed E-state index contributed by atoms with van der Waals surface area (Å²) in [6, 6.07) is 13.6. The van der Waals surface area contributed by atoms with E-state index in [9.17, 15) is 18.4 Å². The summed E-state index contributed by atoms with van der Waals surface area (Å²) in [7, 11) is 0.